The molecule has 0 amide bonds. The van der Waals surface area contributed by atoms with E-state index in [1.54, 1.807) is 6.08 Å². The van der Waals surface area contributed by atoms with E-state index in [0.29, 0.717) is 12.5 Å². The van der Waals surface area contributed by atoms with Crippen molar-refractivity contribution in [2.75, 3.05) is 6.54 Å². The third kappa shape index (κ3) is 8.86. The Morgan fingerprint density at radius 1 is 1.06 bits per heavy atom. The Labute approximate surface area is 110 Å². The van der Waals surface area contributed by atoms with Gasteiger partial charge in [0.1, 0.15) is 0 Å². The number of rotatable bonds is 3. The quantitative estimate of drug-likeness (QED) is 0.572. The minimum atomic E-state index is 0.0995. The van der Waals surface area contributed by atoms with Crippen LogP contribution in [0.2, 0.25) is 0 Å². The van der Waals surface area contributed by atoms with Crippen molar-refractivity contribution in [3.05, 3.63) is 0 Å². The Balaban J connectivity index is 0.000000411. The lowest BCUT2D eigenvalue weighted by Gasteiger charge is -2.30. The number of aliphatic imine (C=N–C) groups is 2. The highest BCUT2D eigenvalue weighted by molar-refractivity contribution is 5.33. The van der Waals surface area contributed by atoms with Crippen molar-refractivity contribution in [2.45, 2.75) is 53.0 Å². The zero-order valence-electron chi connectivity index (χ0n) is 11.8. The molecule has 2 atom stereocenters. The minimum Gasteiger partial charge on any atom is -0.211 e. The lowest BCUT2D eigenvalue weighted by Crippen LogP contribution is -2.21. The fraction of sp³-hybridized carbons (Fsp3) is 0.857. The molecule has 4 nitrogen and oxygen atoms in total. The lowest BCUT2D eigenvalue weighted by atomic mass is 9.77. The summed E-state index contributed by atoms with van der Waals surface area (Å²) in [6.07, 6.45) is 6.86. The maximum atomic E-state index is 9.92. The molecule has 0 heterocycles. The van der Waals surface area contributed by atoms with Gasteiger partial charge in [0, 0.05) is 0 Å². The van der Waals surface area contributed by atoms with Gasteiger partial charge in [-0.25, -0.2) is 19.6 Å². The molecular weight excluding hydrogens is 228 g/mol. The molecule has 0 saturated heterocycles. The van der Waals surface area contributed by atoms with Crippen LogP contribution in [-0.4, -0.2) is 24.7 Å². The average molecular weight is 252 g/mol. The SMILES string of the molecule is CC(C)N=C=O.CC1CC(C)CC(CN=C=O)C1. The van der Waals surface area contributed by atoms with Gasteiger partial charge in [-0.2, -0.15) is 0 Å². The summed E-state index contributed by atoms with van der Waals surface area (Å²) in [5.41, 5.74) is 0. The summed E-state index contributed by atoms with van der Waals surface area (Å²) in [4.78, 5) is 26.2. The third-order valence-electron chi connectivity index (χ3n) is 3.00. The summed E-state index contributed by atoms with van der Waals surface area (Å²) in [5, 5.41) is 0. The molecule has 0 spiro atoms. The average Bonchev–Trinajstić information content (AvgIpc) is 2.25. The lowest BCUT2D eigenvalue weighted by molar-refractivity contribution is 0.224. The summed E-state index contributed by atoms with van der Waals surface area (Å²) in [6, 6.07) is 0.0995. The van der Waals surface area contributed by atoms with Gasteiger partial charge in [0.15, 0.2) is 0 Å². The van der Waals surface area contributed by atoms with Gasteiger partial charge < -0.3 is 0 Å². The first kappa shape index (κ1) is 16.8. The van der Waals surface area contributed by atoms with E-state index in [-0.39, 0.29) is 6.04 Å². The second-order valence-corrected chi connectivity index (χ2v) is 5.53. The van der Waals surface area contributed by atoms with E-state index in [0.717, 1.165) is 11.8 Å². The molecule has 1 rings (SSSR count). The first-order chi connectivity index (χ1) is 8.49. The van der Waals surface area contributed by atoms with Crippen molar-refractivity contribution in [3.8, 4) is 0 Å². The molecule has 0 aromatic carbocycles. The van der Waals surface area contributed by atoms with E-state index in [9.17, 15) is 9.59 Å². The molecule has 2 unspecified atom stereocenters. The normalized spacial score (nSPS) is 26.4. The summed E-state index contributed by atoms with van der Waals surface area (Å²) in [6.45, 7) is 8.91. The van der Waals surface area contributed by atoms with Gasteiger partial charge in [-0.05, 0) is 50.9 Å². The fourth-order valence-corrected chi connectivity index (χ4v) is 2.53. The zero-order chi connectivity index (χ0) is 14.0. The Hall–Kier alpha value is -1.24. The molecule has 102 valence electrons. The molecule has 0 radical (unpaired) electrons. The molecule has 1 aliphatic carbocycles. The topological polar surface area (TPSA) is 58.9 Å². The van der Waals surface area contributed by atoms with Crippen LogP contribution in [-0.2, 0) is 9.59 Å². The van der Waals surface area contributed by atoms with Gasteiger partial charge >= 0.3 is 0 Å². The predicted molar refractivity (Wildman–Crippen MR) is 71.9 cm³/mol. The van der Waals surface area contributed by atoms with Gasteiger partial charge in [0.25, 0.3) is 0 Å². The van der Waals surface area contributed by atoms with E-state index in [1.807, 2.05) is 13.8 Å². The highest BCUT2D eigenvalue weighted by Crippen LogP contribution is 2.32. The number of carbonyl (C=O) groups excluding carboxylic acids is 2. The molecule has 0 bridgehead atoms. The highest BCUT2D eigenvalue weighted by Gasteiger charge is 2.23. The van der Waals surface area contributed by atoms with Crippen LogP contribution in [0.3, 0.4) is 0 Å². The van der Waals surface area contributed by atoms with Crippen molar-refractivity contribution in [1.29, 1.82) is 0 Å². The summed E-state index contributed by atoms with van der Waals surface area (Å²) >= 11 is 0. The number of isocyanates is 2. The Kier molecular flexibility index (Phi) is 9.08. The predicted octanol–water partition coefficient (Wildman–Crippen LogP) is 3.13. The van der Waals surface area contributed by atoms with Crippen LogP contribution >= 0.6 is 0 Å². The largest absolute Gasteiger partial charge is 0.235 e. The van der Waals surface area contributed by atoms with Crippen molar-refractivity contribution in [2.24, 2.45) is 27.7 Å². The summed E-state index contributed by atoms with van der Waals surface area (Å²) in [5.74, 6) is 2.24. The maximum absolute atomic E-state index is 9.92. The molecule has 0 N–H and O–H groups in total. The van der Waals surface area contributed by atoms with E-state index < -0.39 is 0 Å². The van der Waals surface area contributed by atoms with Crippen LogP contribution in [0, 0.1) is 17.8 Å². The first-order valence-corrected chi connectivity index (χ1v) is 6.60. The molecule has 1 saturated carbocycles. The Morgan fingerprint density at radius 2 is 1.61 bits per heavy atom. The third-order valence-corrected chi connectivity index (χ3v) is 3.00. The van der Waals surface area contributed by atoms with E-state index in [4.69, 9.17) is 0 Å². The highest BCUT2D eigenvalue weighted by atomic mass is 16.1. The molecule has 0 aromatic heterocycles. The molecule has 0 aromatic rings. The van der Waals surface area contributed by atoms with Gasteiger partial charge in [-0.15, -0.1) is 0 Å². The molecule has 1 fully saturated rings. The van der Waals surface area contributed by atoms with Crippen LogP contribution in [0.25, 0.3) is 0 Å². The minimum absolute atomic E-state index is 0.0995. The van der Waals surface area contributed by atoms with E-state index >= 15 is 0 Å². The van der Waals surface area contributed by atoms with Crippen LogP contribution in [0.15, 0.2) is 9.98 Å². The van der Waals surface area contributed by atoms with E-state index in [1.165, 1.54) is 25.3 Å². The van der Waals surface area contributed by atoms with Crippen LogP contribution < -0.4 is 0 Å². The second kappa shape index (κ2) is 9.76. The second-order valence-electron chi connectivity index (χ2n) is 5.53. The smallest absolute Gasteiger partial charge is 0.211 e. The fourth-order valence-electron chi connectivity index (χ4n) is 2.53. The molecule has 0 aliphatic heterocycles. The monoisotopic (exact) mass is 252 g/mol. The van der Waals surface area contributed by atoms with Crippen LogP contribution in [0.1, 0.15) is 47.0 Å². The number of nitrogens with zero attached hydrogens (tertiary/aromatic N) is 2. The Bertz CT molecular complexity index is 306. The van der Waals surface area contributed by atoms with Crippen molar-refractivity contribution >= 4 is 12.2 Å². The maximum Gasteiger partial charge on any atom is 0.235 e. The van der Waals surface area contributed by atoms with Crippen molar-refractivity contribution in [1.82, 2.24) is 0 Å². The number of hydrogen-bond donors (Lipinski definition) is 0. The van der Waals surface area contributed by atoms with Crippen LogP contribution in [0.5, 0.6) is 0 Å². The van der Waals surface area contributed by atoms with Gasteiger partial charge in [-0.3, -0.25) is 0 Å². The summed E-state index contributed by atoms with van der Waals surface area (Å²) in [7, 11) is 0. The van der Waals surface area contributed by atoms with Crippen molar-refractivity contribution < 1.29 is 9.59 Å². The molecule has 18 heavy (non-hydrogen) atoms. The number of hydrogen-bond acceptors (Lipinski definition) is 4. The van der Waals surface area contributed by atoms with Gasteiger partial charge in [0.05, 0.1) is 12.6 Å². The first-order valence-electron chi connectivity index (χ1n) is 6.60. The standard InChI is InChI=1S/C10H17NO.C4H7NO/c1-8-3-9(2)5-10(4-8)6-11-7-12;1-4(2)5-3-6/h8-10H,3-6H2,1-2H3;4H,1-2H3. The van der Waals surface area contributed by atoms with E-state index in [2.05, 4.69) is 23.8 Å². The van der Waals surface area contributed by atoms with Gasteiger partial charge in [-0.1, -0.05) is 13.8 Å². The molecule has 4 heteroatoms. The zero-order valence-corrected chi connectivity index (χ0v) is 11.8. The summed E-state index contributed by atoms with van der Waals surface area (Å²) < 4.78 is 0. The molecule has 1 aliphatic rings. The van der Waals surface area contributed by atoms with Gasteiger partial charge in [0.2, 0.25) is 12.2 Å². The van der Waals surface area contributed by atoms with Crippen LogP contribution in [0.4, 0.5) is 0 Å². The molecular formula is C14H24N2O2. The Morgan fingerprint density at radius 3 is 1.94 bits per heavy atom. The van der Waals surface area contributed by atoms with Crippen molar-refractivity contribution in [3.63, 3.8) is 0 Å².